The summed E-state index contributed by atoms with van der Waals surface area (Å²) in [7, 11) is 0. The van der Waals surface area contributed by atoms with E-state index < -0.39 is 0 Å². The van der Waals surface area contributed by atoms with Crippen LogP contribution in [0.2, 0.25) is 0 Å². The molecule has 0 radical (unpaired) electrons. The van der Waals surface area contributed by atoms with E-state index in [1.54, 1.807) is 24.8 Å². The van der Waals surface area contributed by atoms with E-state index in [0.717, 1.165) is 36.4 Å². The van der Waals surface area contributed by atoms with Crippen LogP contribution in [0.15, 0.2) is 24.8 Å². The van der Waals surface area contributed by atoms with Gasteiger partial charge >= 0.3 is 0 Å². The van der Waals surface area contributed by atoms with E-state index in [4.69, 9.17) is 9.72 Å². The first-order valence-electron chi connectivity index (χ1n) is 8.08. The largest absolute Gasteiger partial charge is 0.372 e. The lowest BCUT2D eigenvalue weighted by Crippen LogP contribution is -2.48. The molecule has 1 atom stereocenters. The summed E-state index contributed by atoms with van der Waals surface area (Å²) in [5.74, 6) is 0.546. The SMILES string of the molecule is O=C1CN(c2ncc(-c3cnccn3)c(C3CCCO3)n2)CCN1. The molecular formula is C16H18N6O2. The van der Waals surface area contributed by atoms with Crippen LogP contribution in [0.3, 0.4) is 0 Å². The topological polar surface area (TPSA) is 93.1 Å². The fourth-order valence-corrected chi connectivity index (χ4v) is 3.02. The summed E-state index contributed by atoms with van der Waals surface area (Å²) >= 11 is 0. The van der Waals surface area contributed by atoms with Crippen LogP contribution >= 0.6 is 0 Å². The van der Waals surface area contributed by atoms with Crippen molar-refractivity contribution >= 4 is 11.9 Å². The van der Waals surface area contributed by atoms with E-state index in [-0.39, 0.29) is 18.6 Å². The fourth-order valence-electron chi connectivity index (χ4n) is 3.02. The van der Waals surface area contributed by atoms with Gasteiger partial charge in [-0.2, -0.15) is 0 Å². The third-order valence-corrected chi connectivity index (χ3v) is 4.20. The molecular weight excluding hydrogens is 308 g/mol. The van der Waals surface area contributed by atoms with Gasteiger partial charge in [0.1, 0.15) is 6.10 Å². The Hall–Kier alpha value is -2.61. The molecule has 124 valence electrons. The van der Waals surface area contributed by atoms with Crippen LogP contribution in [-0.4, -0.2) is 52.1 Å². The van der Waals surface area contributed by atoms with Crippen molar-refractivity contribution in [2.24, 2.45) is 0 Å². The predicted molar refractivity (Wildman–Crippen MR) is 86.2 cm³/mol. The first-order chi connectivity index (χ1) is 11.8. The molecule has 4 rings (SSSR count). The Balaban J connectivity index is 1.73. The van der Waals surface area contributed by atoms with Gasteiger partial charge < -0.3 is 15.0 Å². The van der Waals surface area contributed by atoms with Crippen molar-refractivity contribution in [1.82, 2.24) is 25.3 Å². The molecule has 0 spiro atoms. The smallest absolute Gasteiger partial charge is 0.239 e. The second-order valence-electron chi connectivity index (χ2n) is 5.83. The number of aromatic nitrogens is 4. The summed E-state index contributed by atoms with van der Waals surface area (Å²) in [6.45, 7) is 2.30. The molecule has 1 unspecified atom stereocenters. The lowest BCUT2D eigenvalue weighted by atomic mass is 10.1. The van der Waals surface area contributed by atoms with Crippen molar-refractivity contribution in [3.05, 3.63) is 30.5 Å². The van der Waals surface area contributed by atoms with Gasteiger partial charge in [0.25, 0.3) is 0 Å². The van der Waals surface area contributed by atoms with Gasteiger partial charge in [-0.25, -0.2) is 9.97 Å². The van der Waals surface area contributed by atoms with Crippen LogP contribution in [-0.2, 0) is 9.53 Å². The number of carbonyl (C=O) groups excluding carboxylic acids is 1. The van der Waals surface area contributed by atoms with Gasteiger partial charge in [0, 0.05) is 43.9 Å². The first-order valence-corrected chi connectivity index (χ1v) is 8.08. The fraction of sp³-hybridized carbons (Fsp3) is 0.438. The second-order valence-corrected chi connectivity index (χ2v) is 5.83. The molecule has 0 saturated carbocycles. The molecule has 2 fully saturated rings. The van der Waals surface area contributed by atoms with Crippen LogP contribution in [0.5, 0.6) is 0 Å². The normalized spacial score (nSPS) is 20.9. The quantitative estimate of drug-likeness (QED) is 0.888. The molecule has 0 aromatic carbocycles. The number of nitrogens with one attached hydrogen (secondary N) is 1. The average molecular weight is 326 g/mol. The Morgan fingerprint density at radius 3 is 2.96 bits per heavy atom. The van der Waals surface area contributed by atoms with Gasteiger partial charge in [-0.3, -0.25) is 14.8 Å². The molecule has 0 bridgehead atoms. The highest BCUT2D eigenvalue weighted by Crippen LogP contribution is 2.34. The van der Waals surface area contributed by atoms with Crippen molar-refractivity contribution < 1.29 is 9.53 Å². The van der Waals surface area contributed by atoms with E-state index in [2.05, 4.69) is 20.3 Å². The summed E-state index contributed by atoms with van der Waals surface area (Å²) < 4.78 is 5.83. The van der Waals surface area contributed by atoms with Gasteiger partial charge in [0.2, 0.25) is 11.9 Å². The Bertz CT molecular complexity index is 733. The number of carbonyl (C=O) groups is 1. The van der Waals surface area contributed by atoms with Gasteiger partial charge in [0.05, 0.1) is 24.1 Å². The lowest BCUT2D eigenvalue weighted by Gasteiger charge is -2.27. The second kappa shape index (κ2) is 6.48. The minimum absolute atomic E-state index is 0.0125. The van der Waals surface area contributed by atoms with E-state index in [0.29, 0.717) is 19.0 Å². The lowest BCUT2D eigenvalue weighted by molar-refractivity contribution is -0.120. The molecule has 0 aliphatic carbocycles. The third-order valence-electron chi connectivity index (χ3n) is 4.20. The maximum atomic E-state index is 11.6. The highest BCUT2D eigenvalue weighted by molar-refractivity contribution is 5.82. The van der Waals surface area contributed by atoms with Crippen LogP contribution < -0.4 is 10.2 Å². The zero-order valence-electron chi connectivity index (χ0n) is 13.2. The molecule has 1 amide bonds. The molecule has 8 heteroatoms. The van der Waals surface area contributed by atoms with Crippen molar-refractivity contribution in [1.29, 1.82) is 0 Å². The number of rotatable bonds is 3. The number of hydrogen-bond donors (Lipinski definition) is 1. The third kappa shape index (κ3) is 2.92. The minimum atomic E-state index is -0.0672. The first kappa shape index (κ1) is 14.9. The Kier molecular flexibility index (Phi) is 4.04. The number of amides is 1. The molecule has 2 saturated heterocycles. The monoisotopic (exact) mass is 326 g/mol. The molecule has 2 aromatic heterocycles. The minimum Gasteiger partial charge on any atom is -0.372 e. The molecule has 8 nitrogen and oxygen atoms in total. The molecule has 2 aliphatic rings. The summed E-state index contributed by atoms with van der Waals surface area (Å²) in [6.07, 6.45) is 8.61. The van der Waals surface area contributed by atoms with Crippen molar-refractivity contribution in [2.75, 3.05) is 31.1 Å². The highest BCUT2D eigenvalue weighted by atomic mass is 16.5. The Morgan fingerprint density at radius 1 is 1.25 bits per heavy atom. The van der Waals surface area contributed by atoms with E-state index in [1.807, 2.05) is 4.90 Å². The van der Waals surface area contributed by atoms with Crippen molar-refractivity contribution in [3.8, 4) is 11.3 Å². The van der Waals surface area contributed by atoms with Crippen molar-refractivity contribution in [3.63, 3.8) is 0 Å². The van der Waals surface area contributed by atoms with E-state index in [1.165, 1.54) is 0 Å². The van der Waals surface area contributed by atoms with Crippen LogP contribution in [0.1, 0.15) is 24.6 Å². The number of piperazine rings is 1. The highest BCUT2D eigenvalue weighted by Gasteiger charge is 2.26. The van der Waals surface area contributed by atoms with Gasteiger partial charge in [-0.15, -0.1) is 0 Å². The molecule has 1 N–H and O–H groups in total. The number of anilines is 1. The average Bonchev–Trinajstić information content (AvgIpc) is 3.16. The van der Waals surface area contributed by atoms with Crippen molar-refractivity contribution in [2.45, 2.75) is 18.9 Å². The predicted octanol–water partition coefficient (Wildman–Crippen LogP) is 0.721. The summed E-state index contributed by atoms with van der Waals surface area (Å²) in [5, 5.41) is 2.81. The maximum Gasteiger partial charge on any atom is 0.239 e. The molecule has 24 heavy (non-hydrogen) atoms. The van der Waals surface area contributed by atoms with Crippen LogP contribution in [0, 0.1) is 0 Å². The van der Waals surface area contributed by atoms with E-state index >= 15 is 0 Å². The number of hydrogen-bond acceptors (Lipinski definition) is 7. The van der Waals surface area contributed by atoms with Gasteiger partial charge in [0.15, 0.2) is 0 Å². The van der Waals surface area contributed by atoms with Gasteiger partial charge in [-0.1, -0.05) is 0 Å². The number of ether oxygens (including phenoxy) is 1. The molecule has 2 aromatic rings. The maximum absolute atomic E-state index is 11.6. The zero-order valence-corrected chi connectivity index (χ0v) is 13.2. The Morgan fingerprint density at radius 2 is 2.21 bits per heavy atom. The summed E-state index contributed by atoms with van der Waals surface area (Å²) in [4.78, 5) is 31.2. The summed E-state index contributed by atoms with van der Waals surface area (Å²) in [6, 6.07) is 0. The van der Waals surface area contributed by atoms with Gasteiger partial charge in [-0.05, 0) is 12.8 Å². The molecule has 4 heterocycles. The van der Waals surface area contributed by atoms with Crippen LogP contribution in [0.25, 0.3) is 11.3 Å². The standard InChI is InChI=1S/C16H18N6O2/c23-14-10-22(6-5-19-14)16-20-8-11(12-9-17-3-4-18-12)15(21-16)13-2-1-7-24-13/h3-4,8-9,13H,1-2,5-7,10H2,(H,19,23). The van der Waals surface area contributed by atoms with Crippen LogP contribution in [0.4, 0.5) is 5.95 Å². The molecule has 2 aliphatic heterocycles. The van der Waals surface area contributed by atoms with E-state index in [9.17, 15) is 4.79 Å². The zero-order chi connectivity index (χ0) is 16.4. The number of nitrogens with zero attached hydrogens (tertiary/aromatic N) is 5. The Labute approximate surface area is 139 Å². The summed E-state index contributed by atoms with van der Waals surface area (Å²) in [5.41, 5.74) is 2.38.